The van der Waals surface area contributed by atoms with Crippen molar-refractivity contribution in [3.05, 3.63) is 0 Å². The third kappa shape index (κ3) is 2.38. The molecule has 84 valence electrons. The molecule has 2 aliphatic rings. The lowest BCUT2D eigenvalue weighted by atomic mass is 9.95. The fourth-order valence-corrected chi connectivity index (χ4v) is 3.65. The predicted octanol–water partition coefficient (Wildman–Crippen LogP) is 2.28. The molecule has 0 aromatic heterocycles. The summed E-state index contributed by atoms with van der Waals surface area (Å²) in [5, 5.41) is 3.61. The highest BCUT2D eigenvalue weighted by Gasteiger charge is 2.46. The first-order valence-corrected chi connectivity index (χ1v) is 6.18. The summed E-state index contributed by atoms with van der Waals surface area (Å²) < 4.78 is 5.92. The van der Waals surface area contributed by atoms with E-state index in [2.05, 4.69) is 26.1 Å². The molecule has 2 atom stereocenters. The standard InChI is InChI=1S/C10H19NOS.ClH/c1-9(2)7-12-10(3,11-9)8-4-5-13-6-8;/h8,11H,4-7H2,1-3H3;1H. The van der Waals surface area contributed by atoms with Gasteiger partial charge in [-0.3, -0.25) is 5.32 Å². The maximum absolute atomic E-state index is 5.92. The highest BCUT2D eigenvalue weighted by Crippen LogP contribution is 2.37. The van der Waals surface area contributed by atoms with E-state index in [1.165, 1.54) is 17.9 Å². The summed E-state index contributed by atoms with van der Waals surface area (Å²) in [5.74, 6) is 3.24. The van der Waals surface area contributed by atoms with Gasteiger partial charge in [-0.25, -0.2) is 0 Å². The number of halogens is 1. The Morgan fingerprint density at radius 1 is 1.36 bits per heavy atom. The molecule has 0 bridgehead atoms. The lowest BCUT2D eigenvalue weighted by Crippen LogP contribution is -2.51. The molecule has 4 heteroatoms. The van der Waals surface area contributed by atoms with Gasteiger partial charge in [-0.15, -0.1) is 12.4 Å². The molecular weight excluding hydrogens is 218 g/mol. The third-order valence-electron chi connectivity index (χ3n) is 3.03. The molecule has 0 aliphatic carbocycles. The van der Waals surface area contributed by atoms with Crippen molar-refractivity contribution >= 4 is 24.2 Å². The van der Waals surface area contributed by atoms with E-state index >= 15 is 0 Å². The number of thioether (sulfide) groups is 1. The molecule has 0 amide bonds. The van der Waals surface area contributed by atoms with Crippen LogP contribution in [0.2, 0.25) is 0 Å². The van der Waals surface area contributed by atoms with E-state index < -0.39 is 0 Å². The Morgan fingerprint density at radius 3 is 2.50 bits per heavy atom. The van der Waals surface area contributed by atoms with Crippen LogP contribution in [0.1, 0.15) is 27.2 Å². The normalized spacial score (nSPS) is 40.9. The van der Waals surface area contributed by atoms with E-state index in [1.807, 2.05) is 11.8 Å². The second kappa shape index (κ2) is 4.20. The Balaban J connectivity index is 0.000000980. The molecule has 1 N–H and O–H groups in total. The summed E-state index contributed by atoms with van der Waals surface area (Å²) in [4.78, 5) is 0. The van der Waals surface area contributed by atoms with Crippen LogP contribution in [0.25, 0.3) is 0 Å². The van der Waals surface area contributed by atoms with Gasteiger partial charge < -0.3 is 4.74 Å². The number of rotatable bonds is 1. The highest BCUT2D eigenvalue weighted by atomic mass is 35.5. The molecule has 2 nitrogen and oxygen atoms in total. The molecule has 0 saturated carbocycles. The van der Waals surface area contributed by atoms with Crippen molar-refractivity contribution < 1.29 is 4.74 Å². The molecule has 2 fully saturated rings. The minimum atomic E-state index is -0.0625. The van der Waals surface area contributed by atoms with Crippen molar-refractivity contribution in [3.8, 4) is 0 Å². The molecule has 2 unspecified atom stereocenters. The summed E-state index contributed by atoms with van der Waals surface area (Å²) in [6.45, 7) is 7.46. The van der Waals surface area contributed by atoms with Crippen molar-refractivity contribution in [1.29, 1.82) is 0 Å². The monoisotopic (exact) mass is 237 g/mol. The number of nitrogens with one attached hydrogen (secondary N) is 1. The zero-order valence-corrected chi connectivity index (χ0v) is 10.8. The zero-order chi connectivity index (χ0) is 9.53. The molecule has 2 heterocycles. The van der Waals surface area contributed by atoms with Crippen molar-refractivity contribution in [2.24, 2.45) is 5.92 Å². The van der Waals surface area contributed by atoms with Crippen molar-refractivity contribution in [1.82, 2.24) is 5.32 Å². The Kier molecular flexibility index (Phi) is 3.79. The van der Waals surface area contributed by atoms with Gasteiger partial charge in [-0.1, -0.05) is 0 Å². The zero-order valence-electron chi connectivity index (χ0n) is 9.13. The summed E-state index contributed by atoms with van der Waals surface area (Å²) in [5.41, 5.74) is 0.0923. The molecule has 2 rings (SSSR count). The molecule has 0 spiro atoms. The van der Waals surface area contributed by atoms with Crippen molar-refractivity contribution in [2.75, 3.05) is 18.1 Å². The minimum absolute atomic E-state index is 0. The summed E-state index contributed by atoms with van der Waals surface area (Å²) in [6.07, 6.45) is 1.30. The maximum Gasteiger partial charge on any atom is 0.120 e. The van der Waals surface area contributed by atoms with Gasteiger partial charge in [0.05, 0.1) is 6.61 Å². The predicted molar refractivity (Wildman–Crippen MR) is 64.3 cm³/mol. The second-order valence-electron chi connectivity index (χ2n) is 4.97. The van der Waals surface area contributed by atoms with Crippen LogP contribution in [-0.2, 0) is 4.74 Å². The first-order chi connectivity index (χ1) is 6.02. The van der Waals surface area contributed by atoms with E-state index in [-0.39, 0.29) is 23.7 Å². The lowest BCUT2D eigenvalue weighted by Gasteiger charge is -2.32. The Labute approximate surface area is 97.0 Å². The molecule has 0 aromatic rings. The van der Waals surface area contributed by atoms with Crippen LogP contribution in [0.4, 0.5) is 0 Å². The topological polar surface area (TPSA) is 21.3 Å². The maximum atomic E-state index is 5.92. The van der Waals surface area contributed by atoms with Crippen LogP contribution >= 0.6 is 24.2 Å². The second-order valence-corrected chi connectivity index (χ2v) is 6.11. The lowest BCUT2D eigenvalue weighted by molar-refractivity contribution is -0.0345. The van der Waals surface area contributed by atoms with Crippen LogP contribution in [0.5, 0.6) is 0 Å². The summed E-state index contributed by atoms with van der Waals surface area (Å²) in [7, 11) is 0. The van der Waals surface area contributed by atoms with E-state index in [1.54, 1.807) is 0 Å². The van der Waals surface area contributed by atoms with E-state index in [0.717, 1.165) is 6.61 Å². The van der Waals surface area contributed by atoms with Gasteiger partial charge in [0.1, 0.15) is 5.72 Å². The van der Waals surface area contributed by atoms with Crippen molar-refractivity contribution in [2.45, 2.75) is 38.5 Å². The molecule has 2 aliphatic heterocycles. The van der Waals surface area contributed by atoms with Crippen LogP contribution < -0.4 is 5.32 Å². The van der Waals surface area contributed by atoms with E-state index in [4.69, 9.17) is 4.74 Å². The van der Waals surface area contributed by atoms with Crippen molar-refractivity contribution in [3.63, 3.8) is 0 Å². The number of hydrogen-bond acceptors (Lipinski definition) is 3. The molecule has 0 aromatic carbocycles. The average Bonchev–Trinajstić information content (AvgIpc) is 2.58. The fourth-order valence-electron chi connectivity index (χ4n) is 2.26. The smallest absolute Gasteiger partial charge is 0.120 e. The first-order valence-electron chi connectivity index (χ1n) is 5.03. The van der Waals surface area contributed by atoms with Crippen LogP contribution in [0.15, 0.2) is 0 Å². The van der Waals surface area contributed by atoms with Crippen LogP contribution in [0.3, 0.4) is 0 Å². The Bertz CT molecular complexity index is 206. The van der Waals surface area contributed by atoms with Gasteiger partial charge in [-0.05, 0) is 32.9 Å². The molecule has 0 radical (unpaired) electrons. The fraction of sp³-hybridized carbons (Fsp3) is 1.00. The largest absolute Gasteiger partial charge is 0.359 e. The summed E-state index contributed by atoms with van der Waals surface area (Å²) >= 11 is 2.05. The molecular formula is C10H20ClNOS. The van der Waals surface area contributed by atoms with Gasteiger partial charge in [-0.2, -0.15) is 11.8 Å². The highest BCUT2D eigenvalue weighted by molar-refractivity contribution is 7.99. The Hall–Kier alpha value is 0.560. The first kappa shape index (κ1) is 12.6. The Morgan fingerprint density at radius 2 is 2.07 bits per heavy atom. The minimum Gasteiger partial charge on any atom is -0.359 e. The quantitative estimate of drug-likeness (QED) is 0.756. The molecule has 2 saturated heterocycles. The van der Waals surface area contributed by atoms with Gasteiger partial charge in [0.15, 0.2) is 0 Å². The van der Waals surface area contributed by atoms with Gasteiger partial charge in [0.25, 0.3) is 0 Å². The molecule has 14 heavy (non-hydrogen) atoms. The van der Waals surface area contributed by atoms with Crippen LogP contribution in [0, 0.1) is 5.92 Å². The SMILES string of the molecule is CC1(C)COC(C)(C2CCSC2)N1.Cl. The van der Waals surface area contributed by atoms with Crippen LogP contribution in [-0.4, -0.2) is 29.4 Å². The van der Waals surface area contributed by atoms with Gasteiger partial charge in [0.2, 0.25) is 0 Å². The third-order valence-corrected chi connectivity index (χ3v) is 4.19. The van der Waals surface area contributed by atoms with Gasteiger partial charge >= 0.3 is 0 Å². The summed E-state index contributed by atoms with van der Waals surface area (Å²) in [6, 6.07) is 0. The van der Waals surface area contributed by atoms with E-state index in [9.17, 15) is 0 Å². The van der Waals surface area contributed by atoms with Gasteiger partial charge in [0, 0.05) is 17.2 Å². The number of hydrogen-bond donors (Lipinski definition) is 1. The average molecular weight is 238 g/mol. The number of ether oxygens (including phenoxy) is 1. The van der Waals surface area contributed by atoms with E-state index in [0.29, 0.717) is 5.92 Å².